The highest BCUT2D eigenvalue weighted by atomic mass is 14.8. The maximum absolute atomic E-state index is 5.42. The van der Waals surface area contributed by atoms with Gasteiger partial charge in [-0.05, 0) is 115 Å². The zero-order chi connectivity index (χ0) is 32.3. The van der Waals surface area contributed by atoms with E-state index in [9.17, 15) is 0 Å². The normalized spacial score (nSPS) is 15.5. The van der Waals surface area contributed by atoms with Gasteiger partial charge in [-0.25, -0.2) is 0 Å². The van der Waals surface area contributed by atoms with Gasteiger partial charge in [0, 0.05) is 5.57 Å². The van der Waals surface area contributed by atoms with Crippen LogP contribution in [0.5, 0.6) is 0 Å². The first-order valence-electron chi connectivity index (χ1n) is 16.9. The molecule has 1 heteroatoms. The minimum absolute atomic E-state index is 0.249. The van der Waals surface area contributed by atoms with Crippen molar-refractivity contribution >= 4 is 38.4 Å². The second-order valence-corrected chi connectivity index (χ2v) is 12.8. The van der Waals surface area contributed by atoms with Crippen LogP contribution in [0.2, 0.25) is 0 Å². The SMILES string of the molecule is C=C1C=C(c2ccc3cc(-c4ccccc4)ccc3c2)C=C(c2ccc3cc(-c4ccccc4)ccc3c2)C1=N[C@H](CC)[C@H](C)CC. The van der Waals surface area contributed by atoms with Crippen molar-refractivity contribution in [3.05, 3.63) is 169 Å². The van der Waals surface area contributed by atoms with Crippen LogP contribution in [0.15, 0.2) is 163 Å². The van der Waals surface area contributed by atoms with Crippen molar-refractivity contribution in [2.45, 2.75) is 39.7 Å². The van der Waals surface area contributed by atoms with Crippen molar-refractivity contribution in [1.29, 1.82) is 0 Å². The lowest BCUT2D eigenvalue weighted by atomic mass is 9.85. The number of allylic oxidation sites excluding steroid dienone is 5. The van der Waals surface area contributed by atoms with Gasteiger partial charge in [-0.1, -0.05) is 143 Å². The molecule has 0 saturated heterocycles. The molecule has 0 fully saturated rings. The third-order valence-electron chi connectivity index (χ3n) is 9.74. The number of hydrogen-bond acceptors (Lipinski definition) is 1. The minimum Gasteiger partial charge on any atom is -0.281 e. The van der Waals surface area contributed by atoms with Crippen LogP contribution in [0.25, 0.3) is 54.9 Å². The molecule has 0 bridgehead atoms. The molecule has 0 radical (unpaired) electrons. The molecular weight excluding hydrogens is 567 g/mol. The van der Waals surface area contributed by atoms with E-state index in [1.807, 2.05) is 0 Å². The van der Waals surface area contributed by atoms with Crippen LogP contribution in [0.3, 0.4) is 0 Å². The van der Waals surface area contributed by atoms with Crippen molar-refractivity contribution in [3.8, 4) is 22.3 Å². The van der Waals surface area contributed by atoms with Crippen LogP contribution in [0, 0.1) is 5.92 Å². The van der Waals surface area contributed by atoms with Gasteiger partial charge in [0.05, 0.1) is 11.8 Å². The summed E-state index contributed by atoms with van der Waals surface area (Å²) in [6.45, 7) is 11.4. The van der Waals surface area contributed by atoms with E-state index in [0.29, 0.717) is 5.92 Å². The molecule has 6 aromatic rings. The second kappa shape index (κ2) is 13.2. The maximum atomic E-state index is 5.42. The summed E-state index contributed by atoms with van der Waals surface area (Å²) in [4.78, 5) is 5.42. The first-order valence-corrected chi connectivity index (χ1v) is 16.9. The van der Waals surface area contributed by atoms with E-state index >= 15 is 0 Å². The average molecular weight is 608 g/mol. The summed E-state index contributed by atoms with van der Waals surface area (Å²) < 4.78 is 0. The molecule has 6 aromatic carbocycles. The average Bonchev–Trinajstić information content (AvgIpc) is 3.13. The first kappa shape index (κ1) is 30.4. The lowest BCUT2D eigenvalue weighted by Crippen LogP contribution is -2.19. The summed E-state index contributed by atoms with van der Waals surface area (Å²) in [5.74, 6) is 0.501. The highest BCUT2D eigenvalue weighted by molar-refractivity contribution is 6.36. The number of benzene rings is 6. The summed E-state index contributed by atoms with van der Waals surface area (Å²) in [6, 6.07) is 48.5. The zero-order valence-corrected chi connectivity index (χ0v) is 27.6. The summed E-state index contributed by atoms with van der Waals surface area (Å²) in [5.41, 5.74) is 11.6. The van der Waals surface area contributed by atoms with Gasteiger partial charge in [0.15, 0.2) is 0 Å². The minimum atomic E-state index is 0.249. The number of aliphatic imine (C=N–C) groups is 1. The lowest BCUT2D eigenvalue weighted by molar-refractivity contribution is 0.435. The molecule has 230 valence electrons. The molecule has 1 aliphatic rings. The second-order valence-electron chi connectivity index (χ2n) is 12.8. The Bertz CT molecular complexity index is 2180. The standard InChI is InChI=1S/C46H41N/c1-5-31(3)45(6-2)47-46-32(4)25-43(41-22-21-37-26-35(17-19-38(37)28-41)33-13-9-7-10-14-33)30-44(46)42-24-23-39-27-36(18-20-40(39)29-42)34-15-11-8-12-16-34/h7-31,45H,4-6H2,1-3H3/t31-,45-/m1/s1. The van der Waals surface area contributed by atoms with Gasteiger partial charge >= 0.3 is 0 Å². The van der Waals surface area contributed by atoms with Crippen LogP contribution >= 0.6 is 0 Å². The summed E-state index contributed by atoms with van der Waals surface area (Å²) in [6.07, 6.45) is 6.66. The fourth-order valence-electron chi connectivity index (χ4n) is 6.75. The molecule has 0 aliphatic heterocycles. The summed E-state index contributed by atoms with van der Waals surface area (Å²) in [5, 5.41) is 4.92. The largest absolute Gasteiger partial charge is 0.281 e. The van der Waals surface area contributed by atoms with Gasteiger partial charge in [0.2, 0.25) is 0 Å². The Labute approximate surface area is 279 Å². The zero-order valence-electron chi connectivity index (χ0n) is 27.6. The van der Waals surface area contributed by atoms with E-state index in [0.717, 1.165) is 35.3 Å². The molecule has 2 atom stereocenters. The van der Waals surface area contributed by atoms with E-state index in [-0.39, 0.29) is 6.04 Å². The molecule has 0 aromatic heterocycles. The van der Waals surface area contributed by atoms with Gasteiger partial charge in [-0.2, -0.15) is 0 Å². The van der Waals surface area contributed by atoms with Crippen LogP contribution in [-0.4, -0.2) is 11.8 Å². The van der Waals surface area contributed by atoms with Gasteiger partial charge < -0.3 is 0 Å². The smallest absolute Gasteiger partial charge is 0.0722 e. The molecule has 0 saturated carbocycles. The molecule has 0 amide bonds. The maximum Gasteiger partial charge on any atom is 0.0722 e. The first-order chi connectivity index (χ1) is 23.0. The highest BCUT2D eigenvalue weighted by Gasteiger charge is 2.22. The van der Waals surface area contributed by atoms with E-state index in [1.54, 1.807) is 0 Å². The van der Waals surface area contributed by atoms with Crippen LogP contribution in [0.4, 0.5) is 0 Å². The van der Waals surface area contributed by atoms with Crippen molar-refractivity contribution in [2.75, 3.05) is 0 Å². The predicted octanol–water partition coefficient (Wildman–Crippen LogP) is 12.6. The molecule has 7 rings (SSSR count). The summed E-state index contributed by atoms with van der Waals surface area (Å²) >= 11 is 0. The lowest BCUT2D eigenvalue weighted by Gasteiger charge is -2.24. The van der Waals surface area contributed by atoms with Crippen molar-refractivity contribution in [3.63, 3.8) is 0 Å². The third-order valence-corrected chi connectivity index (χ3v) is 9.74. The summed E-state index contributed by atoms with van der Waals surface area (Å²) in [7, 11) is 0. The van der Waals surface area contributed by atoms with E-state index in [4.69, 9.17) is 4.99 Å². The van der Waals surface area contributed by atoms with E-state index < -0.39 is 0 Å². The highest BCUT2D eigenvalue weighted by Crippen LogP contribution is 2.36. The molecule has 0 spiro atoms. The Kier molecular flexibility index (Phi) is 8.55. The fourth-order valence-corrected chi connectivity index (χ4v) is 6.75. The van der Waals surface area contributed by atoms with Crippen LogP contribution < -0.4 is 0 Å². The number of fused-ring (bicyclic) bond motifs is 2. The molecule has 0 N–H and O–H groups in total. The molecule has 0 unspecified atom stereocenters. The number of rotatable bonds is 8. The van der Waals surface area contributed by atoms with Crippen molar-refractivity contribution < 1.29 is 0 Å². The Hall–Kier alpha value is -5.27. The molecule has 0 heterocycles. The Morgan fingerprint density at radius 3 is 1.49 bits per heavy atom. The van der Waals surface area contributed by atoms with Crippen LogP contribution in [0.1, 0.15) is 44.7 Å². The van der Waals surface area contributed by atoms with Gasteiger partial charge in [0.25, 0.3) is 0 Å². The monoisotopic (exact) mass is 607 g/mol. The molecule has 1 aliphatic carbocycles. The van der Waals surface area contributed by atoms with E-state index in [2.05, 4.69) is 173 Å². The van der Waals surface area contributed by atoms with E-state index in [1.165, 1.54) is 54.9 Å². The van der Waals surface area contributed by atoms with Crippen LogP contribution in [-0.2, 0) is 0 Å². The van der Waals surface area contributed by atoms with Gasteiger partial charge in [0.1, 0.15) is 0 Å². The van der Waals surface area contributed by atoms with Gasteiger partial charge in [-0.3, -0.25) is 4.99 Å². The van der Waals surface area contributed by atoms with Crippen molar-refractivity contribution in [2.24, 2.45) is 10.9 Å². The topological polar surface area (TPSA) is 12.4 Å². The van der Waals surface area contributed by atoms with Gasteiger partial charge in [-0.15, -0.1) is 0 Å². The number of hydrogen-bond donors (Lipinski definition) is 0. The Morgan fingerprint density at radius 2 is 0.979 bits per heavy atom. The van der Waals surface area contributed by atoms with Crippen molar-refractivity contribution in [1.82, 2.24) is 0 Å². The quantitative estimate of drug-likeness (QED) is 0.163. The predicted molar refractivity (Wildman–Crippen MR) is 205 cm³/mol. The number of nitrogens with zero attached hydrogens (tertiary/aromatic N) is 1. The Balaban J connectivity index is 1.30. The molecular formula is C46H41N. The third kappa shape index (κ3) is 6.27. The Morgan fingerprint density at radius 1 is 0.511 bits per heavy atom. The fraction of sp³-hybridized carbons (Fsp3) is 0.152. The molecule has 1 nitrogen and oxygen atoms in total. The molecule has 47 heavy (non-hydrogen) atoms.